The number of nitrogens with two attached hydrogens (primary N) is 1. The summed E-state index contributed by atoms with van der Waals surface area (Å²) in [7, 11) is -3.31. The SMILES string of the molecule is CCN(CC)CCCS(=O)(=O)N1CCC(Nc2nc(N)c(C(=O)c3c(F)cccc3F)s2)CC1. The Morgan fingerprint density at radius 3 is 2.44 bits per heavy atom. The maximum absolute atomic E-state index is 14.0. The van der Waals surface area contributed by atoms with Crippen LogP contribution in [0.5, 0.6) is 0 Å². The summed E-state index contributed by atoms with van der Waals surface area (Å²) in [6, 6.07) is 3.15. The third-order valence-corrected chi connectivity index (χ3v) is 8.95. The Hall–Kier alpha value is -2.15. The van der Waals surface area contributed by atoms with E-state index < -0.39 is 33.0 Å². The third-order valence-electron chi connectivity index (χ3n) is 6.00. The number of carbonyl (C=O) groups is 1. The molecule has 0 amide bonds. The molecule has 0 aliphatic carbocycles. The van der Waals surface area contributed by atoms with Crippen molar-refractivity contribution < 1.29 is 22.0 Å². The van der Waals surface area contributed by atoms with E-state index in [1.54, 1.807) is 0 Å². The number of hydrogen-bond donors (Lipinski definition) is 2. The highest BCUT2D eigenvalue weighted by Gasteiger charge is 2.29. The van der Waals surface area contributed by atoms with Gasteiger partial charge in [0.25, 0.3) is 0 Å². The van der Waals surface area contributed by atoms with Crippen molar-refractivity contribution in [3.05, 3.63) is 40.3 Å². The number of nitrogen functional groups attached to an aromatic ring is 1. The van der Waals surface area contributed by atoms with Crippen LogP contribution in [0.1, 0.15) is 48.3 Å². The molecule has 34 heavy (non-hydrogen) atoms. The van der Waals surface area contributed by atoms with E-state index in [0.717, 1.165) is 43.1 Å². The van der Waals surface area contributed by atoms with Crippen LogP contribution in [0.4, 0.5) is 19.7 Å². The van der Waals surface area contributed by atoms with Crippen LogP contribution in [0.2, 0.25) is 0 Å². The number of carbonyl (C=O) groups excluding carboxylic acids is 1. The van der Waals surface area contributed by atoms with E-state index >= 15 is 0 Å². The van der Waals surface area contributed by atoms with Crippen molar-refractivity contribution >= 4 is 38.1 Å². The molecular formula is C22H31F2N5O3S2. The molecule has 188 valence electrons. The topological polar surface area (TPSA) is 109 Å². The van der Waals surface area contributed by atoms with Crippen molar-refractivity contribution in [3.8, 4) is 0 Å². The average molecular weight is 516 g/mol. The number of sulfonamides is 1. The van der Waals surface area contributed by atoms with E-state index in [0.29, 0.717) is 37.5 Å². The standard InChI is InChI=1S/C22H31F2N5O3S2/c1-3-28(4-2)11-6-14-34(31,32)29-12-9-15(10-13-29)26-22-27-21(25)20(33-22)19(30)18-16(23)7-5-8-17(18)24/h5,7-8,15H,3-4,6,9-14,25H2,1-2H3,(H,26,27). The van der Waals surface area contributed by atoms with Gasteiger partial charge in [0.15, 0.2) is 5.13 Å². The van der Waals surface area contributed by atoms with Crippen LogP contribution in [0.25, 0.3) is 0 Å². The molecule has 2 aromatic rings. The number of benzene rings is 1. The summed E-state index contributed by atoms with van der Waals surface area (Å²) in [5.74, 6) is -2.75. The van der Waals surface area contributed by atoms with Crippen molar-refractivity contribution in [1.82, 2.24) is 14.2 Å². The Bertz CT molecular complexity index is 1080. The quantitative estimate of drug-likeness (QED) is 0.443. The van der Waals surface area contributed by atoms with Gasteiger partial charge >= 0.3 is 0 Å². The number of ketones is 1. The Morgan fingerprint density at radius 2 is 1.85 bits per heavy atom. The summed E-state index contributed by atoms with van der Waals surface area (Å²) in [6.07, 6.45) is 1.74. The van der Waals surface area contributed by atoms with Gasteiger partial charge in [-0.3, -0.25) is 4.79 Å². The van der Waals surface area contributed by atoms with Crippen LogP contribution < -0.4 is 11.1 Å². The summed E-state index contributed by atoms with van der Waals surface area (Å²) in [5, 5.41) is 3.54. The lowest BCUT2D eigenvalue weighted by Gasteiger charge is -2.31. The zero-order chi connectivity index (χ0) is 24.9. The number of halogens is 2. The number of hydrogen-bond acceptors (Lipinski definition) is 8. The second-order valence-corrected chi connectivity index (χ2v) is 11.3. The smallest absolute Gasteiger partial charge is 0.214 e. The predicted octanol–water partition coefficient (Wildman–Crippen LogP) is 3.17. The second kappa shape index (κ2) is 11.5. The van der Waals surface area contributed by atoms with Crippen LogP contribution in [-0.4, -0.2) is 72.9 Å². The Kier molecular flexibility index (Phi) is 8.96. The van der Waals surface area contributed by atoms with E-state index in [1.165, 1.54) is 10.4 Å². The molecule has 1 saturated heterocycles. The second-order valence-electron chi connectivity index (χ2n) is 8.17. The third kappa shape index (κ3) is 6.29. The first-order valence-corrected chi connectivity index (χ1v) is 13.8. The van der Waals surface area contributed by atoms with Gasteiger partial charge in [-0.2, -0.15) is 0 Å². The number of nitrogens with zero attached hydrogens (tertiary/aromatic N) is 3. The average Bonchev–Trinajstić information content (AvgIpc) is 3.16. The number of rotatable bonds is 11. The molecule has 1 fully saturated rings. The number of anilines is 2. The molecule has 0 bridgehead atoms. The van der Waals surface area contributed by atoms with Gasteiger partial charge in [-0.05, 0) is 51.0 Å². The fourth-order valence-electron chi connectivity index (χ4n) is 3.98. The first-order valence-electron chi connectivity index (χ1n) is 11.4. The molecule has 12 heteroatoms. The lowest BCUT2D eigenvalue weighted by atomic mass is 10.1. The normalized spacial score (nSPS) is 15.7. The molecule has 1 aromatic carbocycles. The fourth-order valence-corrected chi connectivity index (χ4v) is 6.40. The van der Waals surface area contributed by atoms with Crippen molar-refractivity contribution in [3.63, 3.8) is 0 Å². The number of nitrogens with one attached hydrogen (secondary N) is 1. The van der Waals surface area contributed by atoms with Crippen LogP contribution in [-0.2, 0) is 10.0 Å². The minimum absolute atomic E-state index is 0.0419. The molecule has 0 spiro atoms. The zero-order valence-corrected chi connectivity index (χ0v) is 21.0. The Labute approximate surface area is 203 Å². The molecule has 2 heterocycles. The summed E-state index contributed by atoms with van der Waals surface area (Å²) in [6.45, 7) is 7.45. The molecule has 3 rings (SSSR count). The van der Waals surface area contributed by atoms with Crippen LogP contribution in [0.3, 0.4) is 0 Å². The van der Waals surface area contributed by atoms with E-state index in [9.17, 15) is 22.0 Å². The van der Waals surface area contributed by atoms with Crippen LogP contribution in [0, 0.1) is 11.6 Å². The fraction of sp³-hybridized carbons (Fsp3) is 0.545. The van der Waals surface area contributed by atoms with Gasteiger partial charge in [0, 0.05) is 19.1 Å². The summed E-state index contributed by atoms with van der Waals surface area (Å²) >= 11 is 0.931. The lowest BCUT2D eigenvalue weighted by molar-refractivity contribution is 0.103. The molecule has 1 aromatic heterocycles. The van der Waals surface area contributed by atoms with Crippen molar-refractivity contribution in [2.24, 2.45) is 0 Å². The molecular weight excluding hydrogens is 484 g/mol. The molecule has 1 aliphatic heterocycles. The Morgan fingerprint density at radius 1 is 1.24 bits per heavy atom. The first kappa shape index (κ1) is 26.5. The number of piperidine rings is 1. The van der Waals surface area contributed by atoms with Gasteiger partial charge in [-0.15, -0.1) is 0 Å². The molecule has 1 aliphatic rings. The van der Waals surface area contributed by atoms with Crippen molar-refractivity contribution in [2.75, 3.05) is 49.5 Å². The van der Waals surface area contributed by atoms with Crippen LogP contribution >= 0.6 is 11.3 Å². The van der Waals surface area contributed by atoms with Gasteiger partial charge in [0.05, 0.1) is 11.3 Å². The molecule has 3 N–H and O–H groups in total. The van der Waals surface area contributed by atoms with E-state index in [-0.39, 0.29) is 22.5 Å². The predicted molar refractivity (Wildman–Crippen MR) is 131 cm³/mol. The van der Waals surface area contributed by atoms with Crippen LogP contribution in [0.15, 0.2) is 18.2 Å². The number of thiazole rings is 1. The monoisotopic (exact) mass is 515 g/mol. The van der Waals surface area contributed by atoms with Crippen molar-refractivity contribution in [2.45, 2.75) is 39.2 Å². The lowest BCUT2D eigenvalue weighted by Crippen LogP contribution is -2.43. The summed E-state index contributed by atoms with van der Waals surface area (Å²) < 4.78 is 54.9. The Balaban J connectivity index is 1.56. The van der Waals surface area contributed by atoms with Gasteiger partial charge in [-0.25, -0.2) is 26.5 Å². The van der Waals surface area contributed by atoms with Gasteiger partial charge in [0.1, 0.15) is 22.3 Å². The summed E-state index contributed by atoms with van der Waals surface area (Å²) in [5.41, 5.74) is 5.19. The highest BCUT2D eigenvalue weighted by molar-refractivity contribution is 7.89. The largest absolute Gasteiger partial charge is 0.382 e. The number of aromatic nitrogens is 1. The molecule has 8 nitrogen and oxygen atoms in total. The minimum atomic E-state index is -3.31. The van der Waals surface area contributed by atoms with Gasteiger partial charge in [0.2, 0.25) is 15.8 Å². The molecule has 0 unspecified atom stereocenters. The zero-order valence-electron chi connectivity index (χ0n) is 19.4. The highest BCUT2D eigenvalue weighted by atomic mass is 32.2. The maximum Gasteiger partial charge on any atom is 0.214 e. The maximum atomic E-state index is 14.0. The van der Waals surface area contributed by atoms with E-state index in [2.05, 4.69) is 29.0 Å². The van der Waals surface area contributed by atoms with Gasteiger partial charge < -0.3 is 16.0 Å². The molecule has 0 radical (unpaired) electrons. The summed E-state index contributed by atoms with van der Waals surface area (Å²) in [4.78, 5) is 18.9. The molecule has 0 atom stereocenters. The van der Waals surface area contributed by atoms with E-state index in [4.69, 9.17) is 5.73 Å². The van der Waals surface area contributed by atoms with E-state index in [1.807, 2.05) is 0 Å². The van der Waals surface area contributed by atoms with Gasteiger partial charge in [-0.1, -0.05) is 31.3 Å². The first-order chi connectivity index (χ1) is 16.2. The van der Waals surface area contributed by atoms with Crippen molar-refractivity contribution in [1.29, 1.82) is 0 Å². The highest BCUT2D eigenvalue weighted by Crippen LogP contribution is 2.30. The molecule has 0 saturated carbocycles. The minimum Gasteiger partial charge on any atom is -0.382 e.